The first-order chi connectivity index (χ1) is 13.2. The third-order valence-electron chi connectivity index (χ3n) is 5.02. The van der Waals surface area contributed by atoms with Crippen LogP contribution in [0.1, 0.15) is 17.2 Å². The highest BCUT2D eigenvalue weighted by molar-refractivity contribution is 5.78. The Kier molecular flexibility index (Phi) is 7.39. The van der Waals surface area contributed by atoms with Crippen molar-refractivity contribution in [2.75, 3.05) is 46.4 Å². The Labute approximate surface area is 161 Å². The molecule has 3 rings (SSSR count). The van der Waals surface area contributed by atoms with Crippen molar-refractivity contribution in [3.63, 3.8) is 0 Å². The molecule has 27 heavy (non-hydrogen) atoms. The van der Waals surface area contributed by atoms with Crippen molar-refractivity contribution in [3.8, 4) is 0 Å². The van der Waals surface area contributed by atoms with Gasteiger partial charge in [0.1, 0.15) is 0 Å². The largest absolute Gasteiger partial charge is 0.375 e. The Bertz CT molecular complexity index is 685. The number of rotatable bonds is 8. The van der Waals surface area contributed by atoms with E-state index in [1.54, 1.807) is 7.11 Å². The van der Waals surface area contributed by atoms with E-state index < -0.39 is 0 Å². The number of carbonyl (C=O) groups excluding carboxylic acids is 1. The molecule has 1 aliphatic heterocycles. The van der Waals surface area contributed by atoms with Crippen LogP contribution in [0.2, 0.25) is 0 Å². The fraction of sp³-hybridized carbons (Fsp3) is 0.409. The standard InChI is InChI=1S/C22H29N3O2/c1-27-21(20-10-6-3-7-11-20)16-23-22(26)18-25-14-12-24(13-15-25)17-19-8-4-2-5-9-19/h2-11,21H,12-18H2,1H3,(H,23,26). The summed E-state index contributed by atoms with van der Waals surface area (Å²) in [6.07, 6.45) is -0.113. The summed E-state index contributed by atoms with van der Waals surface area (Å²) in [7, 11) is 1.68. The highest BCUT2D eigenvalue weighted by Crippen LogP contribution is 2.15. The van der Waals surface area contributed by atoms with Crippen LogP contribution in [0.15, 0.2) is 60.7 Å². The summed E-state index contributed by atoms with van der Waals surface area (Å²) in [5.41, 5.74) is 2.42. The molecule has 1 unspecified atom stereocenters. The molecule has 0 spiro atoms. The van der Waals surface area contributed by atoms with E-state index >= 15 is 0 Å². The number of benzene rings is 2. The van der Waals surface area contributed by atoms with Crippen LogP contribution >= 0.6 is 0 Å². The molecule has 0 bridgehead atoms. The number of carbonyl (C=O) groups is 1. The molecule has 0 aliphatic carbocycles. The van der Waals surface area contributed by atoms with Gasteiger partial charge in [-0.1, -0.05) is 60.7 Å². The summed E-state index contributed by atoms with van der Waals surface area (Å²) < 4.78 is 5.51. The average Bonchev–Trinajstić information content (AvgIpc) is 2.71. The second-order valence-electron chi connectivity index (χ2n) is 6.98. The van der Waals surface area contributed by atoms with Gasteiger partial charge in [-0.25, -0.2) is 0 Å². The van der Waals surface area contributed by atoms with Gasteiger partial charge in [-0.2, -0.15) is 0 Å². The predicted octanol–water partition coefficient (Wildman–Crippen LogP) is 2.31. The first kappa shape index (κ1) is 19.5. The molecule has 1 heterocycles. The van der Waals surface area contributed by atoms with Crippen LogP contribution in [0.25, 0.3) is 0 Å². The van der Waals surface area contributed by atoms with Gasteiger partial charge in [0, 0.05) is 46.4 Å². The number of methoxy groups -OCH3 is 1. The van der Waals surface area contributed by atoms with Crippen LogP contribution in [-0.2, 0) is 16.1 Å². The zero-order valence-corrected chi connectivity index (χ0v) is 16.0. The quantitative estimate of drug-likeness (QED) is 0.778. The van der Waals surface area contributed by atoms with Crippen molar-refractivity contribution in [2.24, 2.45) is 0 Å². The monoisotopic (exact) mass is 367 g/mol. The van der Waals surface area contributed by atoms with Gasteiger partial charge >= 0.3 is 0 Å². The number of nitrogens with zero attached hydrogens (tertiary/aromatic N) is 2. The molecule has 1 N–H and O–H groups in total. The van der Waals surface area contributed by atoms with Crippen LogP contribution in [-0.4, -0.2) is 62.1 Å². The molecular formula is C22H29N3O2. The molecule has 0 aromatic heterocycles. The van der Waals surface area contributed by atoms with E-state index in [1.165, 1.54) is 5.56 Å². The van der Waals surface area contributed by atoms with Gasteiger partial charge in [-0.15, -0.1) is 0 Å². The Morgan fingerprint density at radius 2 is 1.56 bits per heavy atom. The molecule has 144 valence electrons. The van der Waals surface area contributed by atoms with Gasteiger partial charge < -0.3 is 10.1 Å². The normalized spacial score (nSPS) is 16.8. The Hall–Kier alpha value is -2.21. The maximum atomic E-state index is 12.3. The topological polar surface area (TPSA) is 44.8 Å². The molecule has 1 fully saturated rings. The summed E-state index contributed by atoms with van der Waals surface area (Å²) in [6.45, 7) is 5.75. The molecule has 1 saturated heterocycles. The van der Waals surface area contributed by atoms with Crippen molar-refractivity contribution >= 4 is 5.91 Å². The minimum atomic E-state index is -0.113. The first-order valence-electron chi connectivity index (χ1n) is 9.57. The van der Waals surface area contributed by atoms with Gasteiger partial charge in [0.05, 0.1) is 12.6 Å². The minimum Gasteiger partial charge on any atom is -0.375 e. The number of hydrogen-bond acceptors (Lipinski definition) is 4. The molecule has 1 amide bonds. The van der Waals surface area contributed by atoms with E-state index in [4.69, 9.17) is 4.74 Å². The van der Waals surface area contributed by atoms with E-state index in [0.29, 0.717) is 13.1 Å². The van der Waals surface area contributed by atoms with Gasteiger partial charge in [0.2, 0.25) is 5.91 Å². The van der Waals surface area contributed by atoms with Crippen molar-refractivity contribution < 1.29 is 9.53 Å². The van der Waals surface area contributed by atoms with Gasteiger partial charge in [-0.05, 0) is 11.1 Å². The van der Waals surface area contributed by atoms with E-state index in [1.807, 2.05) is 36.4 Å². The molecule has 5 nitrogen and oxygen atoms in total. The molecule has 5 heteroatoms. The lowest BCUT2D eigenvalue weighted by Crippen LogP contribution is -2.49. The third kappa shape index (κ3) is 6.17. The van der Waals surface area contributed by atoms with E-state index in [9.17, 15) is 4.79 Å². The lowest BCUT2D eigenvalue weighted by molar-refractivity contribution is -0.123. The Morgan fingerprint density at radius 3 is 2.19 bits per heavy atom. The van der Waals surface area contributed by atoms with Crippen molar-refractivity contribution in [1.82, 2.24) is 15.1 Å². The third-order valence-corrected chi connectivity index (χ3v) is 5.02. The lowest BCUT2D eigenvalue weighted by Gasteiger charge is -2.34. The maximum absolute atomic E-state index is 12.3. The number of piperazine rings is 1. The molecule has 1 aliphatic rings. The van der Waals surface area contributed by atoms with Crippen LogP contribution in [0.4, 0.5) is 0 Å². The van der Waals surface area contributed by atoms with Crippen LogP contribution in [0.5, 0.6) is 0 Å². The predicted molar refractivity (Wildman–Crippen MR) is 107 cm³/mol. The first-order valence-corrected chi connectivity index (χ1v) is 9.57. The van der Waals surface area contributed by atoms with Crippen molar-refractivity contribution in [3.05, 3.63) is 71.8 Å². The zero-order chi connectivity index (χ0) is 18.9. The molecule has 1 atom stereocenters. The minimum absolute atomic E-state index is 0.0597. The van der Waals surface area contributed by atoms with Gasteiger partial charge in [0.25, 0.3) is 0 Å². The fourth-order valence-corrected chi connectivity index (χ4v) is 3.42. The number of hydrogen-bond donors (Lipinski definition) is 1. The Morgan fingerprint density at radius 1 is 0.963 bits per heavy atom. The second-order valence-corrected chi connectivity index (χ2v) is 6.98. The number of nitrogens with one attached hydrogen (secondary N) is 1. The van der Waals surface area contributed by atoms with Crippen molar-refractivity contribution in [2.45, 2.75) is 12.6 Å². The van der Waals surface area contributed by atoms with Crippen LogP contribution in [0.3, 0.4) is 0 Å². The van der Waals surface area contributed by atoms with Crippen LogP contribution < -0.4 is 5.32 Å². The fourth-order valence-electron chi connectivity index (χ4n) is 3.42. The molecule has 2 aromatic rings. The summed E-state index contributed by atoms with van der Waals surface area (Å²) in [4.78, 5) is 17.0. The van der Waals surface area contributed by atoms with Crippen LogP contribution in [0, 0.1) is 0 Å². The van der Waals surface area contributed by atoms with Crippen molar-refractivity contribution in [1.29, 1.82) is 0 Å². The summed E-state index contributed by atoms with van der Waals surface area (Å²) in [6, 6.07) is 20.5. The molecule has 0 radical (unpaired) electrons. The highest BCUT2D eigenvalue weighted by Gasteiger charge is 2.19. The number of amides is 1. The van der Waals surface area contributed by atoms with E-state index in [-0.39, 0.29) is 12.0 Å². The van der Waals surface area contributed by atoms with E-state index in [2.05, 4.69) is 39.4 Å². The summed E-state index contributed by atoms with van der Waals surface area (Å²) >= 11 is 0. The summed E-state index contributed by atoms with van der Waals surface area (Å²) in [5.74, 6) is 0.0597. The Balaban J connectivity index is 1.38. The smallest absolute Gasteiger partial charge is 0.234 e. The maximum Gasteiger partial charge on any atom is 0.234 e. The SMILES string of the molecule is COC(CNC(=O)CN1CCN(Cc2ccccc2)CC1)c1ccccc1. The zero-order valence-electron chi connectivity index (χ0n) is 16.0. The van der Waals surface area contributed by atoms with Gasteiger partial charge in [-0.3, -0.25) is 14.6 Å². The lowest BCUT2D eigenvalue weighted by atomic mass is 10.1. The average molecular weight is 367 g/mol. The van der Waals surface area contributed by atoms with Gasteiger partial charge in [0.15, 0.2) is 0 Å². The number of ether oxygens (including phenoxy) is 1. The molecular weight excluding hydrogens is 338 g/mol. The highest BCUT2D eigenvalue weighted by atomic mass is 16.5. The van der Waals surface area contributed by atoms with E-state index in [0.717, 1.165) is 38.3 Å². The second kappa shape index (κ2) is 10.2. The summed E-state index contributed by atoms with van der Waals surface area (Å²) in [5, 5.41) is 3.01. The molecule has 0 saturated carbocycles. The molecule has 2 aromatic carbocycles.